The van der Waals surface area contributed by atoms with Crippen molar-refractivity contribution in [2.75, 3.05) is 0 Å². The minimum atomic E-state index is -0.793. The number of hydrogen-bond acceptors (Lipinski definition) is 4. The highest BCUT2D eigenvalue weighted by atomic mass is 16.5. The highest BCUT2D eigenvalue weighted by molar-refractivity contribution is 5.29. The Balaban J connectivity index is 3.39. The standard InChI is InChI=1S/C8H8O4/c9-7(10)5-1-2-6(4-3-5)8(11)12/h1-4,9-12H. The molecule has 12 heavy (non-hydrogen) atoms. The Bertz CT molecular complexity index is 324. The summed E-state index contributed by atoms with van der Waals surface area (Å²) in [5, 5.41) is 34.8. The molecule has 0 aromatic heterocycles. The van der Waals surface area contributed by atoms with Gasteiger partial charge in [0.25, 0.3) is 11.9 Å². The number of aliphatic hydroxyl groups is 4. The molecule has 0 heterocycles. The van der Waals surface area contributed by atoms with Crippen molar-refractivity contribution < 1.29 is 20.4 Å². The van der Waals surface area contributed by atoms with Crippen molar-refractivity contribution in [1.29, 1.82) is 0 Å². The molecule has 1 aromatic rings. The fourth-order valence-electron chi connectivity index (χ4n) is 0.768. The summed E-state index contributed by atoms with van der Waals surface area (Å²) in [7, 11) is 0. The van der Waals surface area contributed by atoms with E-state index in [1.54, 1.807) is 0 Å². The normalized spacial score (nSPS) is 9.33. The first kappa shape index (κ1) is 8.26. The maximum absolute atomic E-state index is 8.59. The Kier molecular flexibility index (Phi) is 2.09. The van der Waals surface area contributed by atoms with Crippen molar-refractivity contribution in [2.24, 2.45) is 0 Å². The van der Waals surface area contributed by atoms with Crippen molar-refractivity contribution >= 4 is 11.9 Å². The summed E-state index contributed by atoms with van der Waals surface area (Å²) in [6, 6.07) is 5.43. The maximum Gasteiger partial charge on any atom is 0.281 e. The fraction of sp³-hybridized carbons (Fsp3) is 0. The van der Waals surface area contributed by atoms with Crippen molar-refractivity contribution in [2.45, 2.75) is 0 Å². The molecule has 0 amide bonds. The second-order valence-electron chi connectivity index (χ2n) is 2.22. The molecule has 0 unspecified atom stereocenters. The van der Waals surface area contributed by atoms with Gasteiger partial charge in [-0.25, -0.2) is 0 Å². The molecule has 0 radical (unpaired) electrons. The van der Waals surface area contributed by atoms with Crippen LogP contribution in [0.2, 0.25) is 0 Å². The molecule has 4 N–H and O–H groups in total. The number of hydrogen-bond donors (Lipinski definition) is 4. The van der Waals surface area contributed by atoms with Crippen LogP contribution in [0.4, 0.5) is 0 Å². The van der Waals surface area contributed by atoms with Crippen LogP contribution < -0.4 is 10.4 Å². The summed E-state index contributed by atoms with van der Waals surface area (Å²) in [6.45, 7) is 0. The van der Waals surface area contributed by atoms with E-state index in [0.717, 1.165) is 0 Å². The average Bonchev–Trinajstić information content (AvgIpc) is 2.04. The highest BCUT2D eigenvalue weighted by Gasteiger charge is 1.90. The summed E-state index contributed by atoms with van der Waals surface area (Å²) in [5.41, 5.74) is 0. The van der Waals surface area contributed by atoms with E-state index in [1.807, 2.05) is 0 Å². The molecule has 1 aromatic carbocycles. The first-order valence-corrected chi connectivity index (χ1v) is 3.22. The zero-order valence-electron chi connectivity index (χ0n) is 6.10. The molecule has 0 aliphatic heterocycles. The minimum absolute atomic E-state index is 0.222. The van der Waals surface area contributed by atoms with Gasteiger partial charge >= 0.3 is 0 Å². The van der Waals surface area contributed by atoms with E-state index in [2.05, 4.69) is 0 Å². The molecule has 0 atom stereocenters. The molecular formula is C8H8O4. The van der Waals surface area contributed by atoms with Gasteiger partial charge in [0.1, 0.15) is 0 Å². The second kappa shape index (κ2) is 3.04. The van der Waals surface area contributed by atoms with Crippen LogP contribution in [0.25, 0.3) is 11.9 Å². The number of aliphatic hydroxyl groups excluding tert-OH is 2. The highest BCUT2D eigenvalue weighted by Crippen LogP contribution is 1.78. The summed E-state index contributed by atoms with van der Waals surface area (Å²) in [4.78, 5) is 0. The van der Waals surface area contributed by atoms with Gasteiger partial charge in [-0.1, -0.05) is 0 Å². The van der Waals surface area contributed by atoms with Gasteiger partial charge in [-0.05, 0) is 24.3 Å². The molecule has 64 valence electrons. The van der Waals surface area contributed by atoms with Gasteiger partial charge in [-0.15, -0.1) is 0 Å². The lowest BCUT2D eigenvalue weighted by atomic mass is 10.2. The predicted octanol–water partition coefficient (Wildman–Crippen LogP) is 0.0500. The Morgan fingerprint density at radius 3 is 1.08 bits per heavy atom. The van der Waals surface area contributed by atoms with E-state index >= 15 is 0 Å². The molecule has 0 bridgehead atoms. The summed E-state index contributed by atoms with van der Waals surface area (Å²) < 4.78 is 0. The van der Waals surface area contributed by atoms with Gasteiger partial charge in [-0.2, -0.15) is 0 Å². The SMILES string of the molecule is OC(O)=c1ccc(=C(O)O)cc1. The molecule has 1 rings (SSSR count). The molecule has 0 saturated heterocycles. The quantitative estimate of drug-likeness (QED) is 0.441. The summed E-state index contributed by atoms with van der Waals surface area (Å²) in [5.74, 6) is -1.59. The van der Waals surface area contributed by atoms with E-state index in [4.69, 9.17) is 20.4 Å². The zero-order valence-corrected chi connectivity index (χ0v) is 6.10. The Morgan fingerprint density at radius 2 is 0.917 bits per heavy atom. The lowest BCUT2D eigenvalue weighted by Gasteiger charge is -1.89. The van der Waals surface area contributed by atoms with E-state index < -0.39 is 11.9 Å². The molecule has 0 spiro atoms. The van der Waals surface area contributed by atoms with Crippen molar-refractivity contribution in [3.63, 3.8) is 0 Å². The number of rotatable bonds is 0. The first-order valence-electron chi connectivity index (χ1n) is 3.22. The van der Waals surface area contributed by atoms with Crippen molar-refractivity contribution in [1.82, 2.24) is 0 Å². The van der Waals surface area contributed by atoms with Gasteiger partial charge in [-0.3, -0.25) is 0 Å². The van der Waals surface area contributed by atoms with Crippen molar-refractivity contribution in [3.05, 3.63) is 34.7 Å². The van der Waals surface area contributed by atoms with Gasteiger partial charge in [0.2, 0.25) is 0 Å². The van der Waals surface area contributed by atoms with Crippen LogP contribution in [-0.4, -0.2) is 20.4 Å². The lowest BCUT2D eigenvalue weighted by molar-refractivity contribution is 0.296. The third-order valence-corrected chi connectivity index (χ3v) is 1.40. The Hall–Kier alpha value is -1.84. The van der Waals surface area contributed by atoms with Gasteiger partial charge in [0.05, 0.1) is 10.4 Å². The molecule has 0 saturated carbocycles. The third-order valence-electron chi connectivity index (χ3n) is 1.40. The maximum atomic E-state index is 8.59. The number of benzene rings is 1. The van der Waals surface area contributed by atoms with E-state index in [9.17, 15) is 0 Å². The van der Waals surface area contributed by atoms with E-state index in [0.29, 0.717) is 0 Å². The average molecular weight is 168 g/mol. The summed E-state index contributed by atoms with van der Waals surface area (Å²) in [6.07, 6.45) is 0. The molecule has 4 nitrogen and oxygen atoms in total. The first-order chi connectivity index (χ1) is 5.61. The molecule has 0 aliphatic carbocycles. The summed E-state index contributed by atoms with van der Waals surface area (Å²) >= 11 is 0. The minimum Gasteiger partial charge on any atom is -0.481 e. The molecular weight excluding hydrogens is 160 g/mol. The molecule has 0 aliphatic rings. The Morgan fingerprint density at radius 1 is 0.667 bits per heavy atom. The zero-order chi connectivity index (χ0) is 9.14. The monoisotopic (exact) mass is 168 g/mol. The van der Waals surface area contributed by atoms with Crippen LogP contribution in [0.15, 0.2) is 24.3 Å². The molecule has 0 fully saturated rings. The predicted molar refractivity (Wildman–Crippen MR) is 43.0 cm³/mol. The van der Waals surface area contributed by atoms with Crippen molar-refractivity contribution in [3.8, 4) is 0 Å². The second-order valence-corrected chi connectivity index (χ2v) is 2.22. The van der Waals surface area contributed by atoms with Crippen LogP contribution in [0.1, 0.15) is 0 Å². The Labute approximate surface area is 68.0 Å². The van der Waals surface area contributed by atoms with Crippen LogP contribution in [0.5, 0.6) is 0 Å². The van der Waals surface area contributed by atoms with Gasteiger partial charge in [0, 0.05) is 0 Å². The lowest BCUT2D eigenvalue weighted by Crippen LogP contribution is -2.12. The third kappa shape index (κ3) is 1.60. The largest absolute Gasteiger partial charge is 0.481 e. The van der Waals surface area contributed by atoms with Gasteiger partial charge in [0.15, 0.2) is 0 Å². The van der Waals surface area contributed by atoms with Crippen LogP contribution >= 0.6 is 0 Å². The molecule has 4 heteroatoms. The van der Waals surface area contributed by atoms with Gasteiger partial charge < -0.3 is 20.4 Å². The smallest absolute Gasteiger partial charge is 0.281 e. The fourth-order valence-corrected chi connectivity index (χ4v) is 0.768. The van der Waals surface area contributed by atoms with E-state index in [1.165, 1.54) is 24.3 Å². The van der Waals surface area contributed by atoms with Crippen LogP contribution in [0, 0.1) is 0 Å². The van der Waals surface area contributed by atoms with E-state index in [-0.39, 0.29) is 10.4 Å². The van der Waals surface area contributed by atoms with Crippen LogP contribution in [0.3, 0.4) is 0 Å². The van der Waals surface area contributed by atoms with Crippen LogP contribution in [-0.2, 0) is 0 Å². The topological polar surface area (TPSA) is 80.9 Å².